The Morgan fingerprint density at radius 1 is 0.960 bits per heavy atom. The molecule has 7 heteroatoms. The maximum Gasteiger partial charge on any atom is 0.316 e. The van der Waals surface area contributed by atoms with Gasteiger partial charge in [-0.15, -0.1) is 0 Å². The molecule has 0 atom stereocenters. The summed E-state index contributed by atoms with van der Waals surface area (Å²) >= 11 is 0. The van der Waals surface area contributed by atoms with Crippen molar-refractivity contribution in [2.75, 3.05) is 5.32 Å². The van der Waals surface area contributed by atoms with Crippen LogP contribution in [0.5, 0.6) is 11.5 Å². The number of hydrogen-bond acceptors (Lipinski definition) is 4. The summed E-state index contributed by atoms with van der Waals surface area (Å²) in [6.07, 6.45) is 0. The van der Waals surface area contributed by atoms with Crippen molar-refractivity contribution in [2.24, 2.45) is 14.1 Å². The summed E-state index contributed by atoms with van der Waals surface area (Å²) in [4.78, 5) is 35.6. The Morgan fingerprint density at radius 2 is 1.52 bits per heavy atom. The molecule has 0 unspecified atom stereocenters. The summed E-state index contributed by atoms with van der Waals surface area (Å²) < 4.78 is 8.40. The number of anilines is 1. The van der Waals surface area contributed by atoms with E-state index >= 15 is 0 Å². The largest absolute Gasteiger partial charge is 0.455 e. The van der Waals surface area contributed by atoms with E-state index < -0.39 is 11.1 Å². The molecule has 0 aliphatic rings. The van der Waals surface area contributed by atoms with Gasteiger partial charge in [-0.2, -0.15) is 0 Å². The number of fused-ring (bicyclic) bond motifs is 1. The molecular formula is C18H17N3O4. The van der Waals surface area contributed by atoms with Crippen molar-refractivity contribution in [1.29, 1.82) is 0 Å². The number of aromatic nitrogens is 2. The Hall–Kier alpha value is -3.35. The molecule has 2 aromatic carbocycles. The van der Waals surface area contributed by atoms with Crippen LogP contribution in [0.3, 0.4) is 0 Å². The minimum absolute atomic E-state index is 0.271. The highest BCUT2D eigenvalue weighted by Gasteiger charge is 2.15. The monoisotopic (exact) mass is 339 g/mol. The minimum Gasteiger partial charge on any atom is -0.455 e. The van der Waals surface area contributed by atoms with Gasteiger partial charge in [-0.3, -0.25) is 14.4 Å². The van der Waals surface area contributed by atoms with Crippen molar-refractivity contribution < 1.29 is 9.53 Å². The van der Waals surface area contributed by atoms with E-state index in [1.54, 1.807) is 24.3 Å². The molecule has 1 heterocycles. The molecule has 1 amide bonds. The van der Waals surface area contributed by atoms with Gasteiger partial charge in [-0.05, 0) is 18.2 Å². The Balaban J connectivity index is 2.28. The van der Waals surface area contributed by atoms with Gasteiger partial charge in [0.1, 0.15) is 5.75 Å². The van der Waals surface area contributed by atoms with Gasteiger partial charge in [-0.25, -0.2) is 0 Å². The Kier molecular flexibility index (Phi) is 4.14. The van der Waals surface area contributed by atoms with Crippen LogP contribution in [0.1, 0.15) is 6.92 Å². The number of hydrogen-bond donors (Lipinski definition) is 1. The molecule has 0 spiro atoms. The zero-order valence-electron chi connectivity index (χ0n) is 14.1. The Morgan fingerprint density at radius 3 is 2.08 bits per heavy atom. The number of amides is 1. The second kappa shape index (κ2) is 6.27. The van der Waals surface area contributed by atoms with Gasteiger partial charge in [0.2, 0.25) is 5.91 Å². The third-order valence-electron chi connectivity index (χ3n) is 3.87. The molecule has 1 aromatic heterocycles. The van der Waals surface area contributed by atoms with Crippen molar-refractivity contribution in [3.8, 4) is 11.5 Å². The third kappa shape index (κ3) is 3.03. The van der Waals surface area contributed by atoms with Gasteiger partial charge < -0.3 is 19.2 Å². The maximum atomic E-state index is 12.1. The summed E-state index contributed by atoms with van der Waals surface area (Å²) in [6, 6.07) is 12.3. The molecule has 0 fully saturated rings. The summed E-state index contributed by atoms with van der Waals surface area (Å²) in [5, 5.41) is 2.70. The normalized spacial score (nSPS) is 10.7. The number of rotatable bonds is 3. The van der Waals surface area contributed by atoms with Crippen molar-refractivity contribution in [3.63, 3.8) is 0 Å². The number of para-hydroxylation sites is 1. The number of benzene rings is 2. The average molecular weight is 339 g/mol. The van der Waals surface area contributed by atoms with Crippen LogP contribution in [-0.2, 0) is 18.9 Å². The first kappa shape index (κ1) is 16.5. The first-order chi connectivity index (χ1) is 11.9. The second-order valence-electron chi connectivity index (χ2n) is 5.66. The van der Waals surface area contributed by atoms with E-state index in [-0.39, 0.29) is 5.91 Å². The summed E-state index contributed by atoms with van der Waals surface area (Å²) in [7, 11) is 3.04. The molecule has 1 N–H and O–H groups in total. The molecule has 3 aromatic rings. The Labute approximate surface area is 143 Å². The van der Waals surface area contributed by atoms with Crippen LogP contribution in [0.2, 0.25) is 0 Å². The highest BCUT2D eigenvalue weighted by Crippen LogP contribution is 2.33. The third-order valence-corrected chi connectivity index (χ3v) is 3.87. The predicted molar refractivity (Wildman–Crippen MR) is 95.2 cm³/mol. The highest BCUT2D eigenvalue weighted by molar-refractivity contribution is 5.94. The highest BCUT2D eigenvalue weighted by atomic mass is 16.5. The number of nitrogens with one attached hydrogen (secondary N) is 1. The predicted octanol–water partition coefficient (Wildman–Crippen LogP) is 1.99. The molecule has 3 rings (SSSR count). The van der Waals surface area contributed by atoms with E-state index in [1.165, 1.54) is 30.2 Å². The van der Waals surface area contributed by atoms with Crippen LogP contribution in [-0.4, -0.2) is 15.0 Å². The van der Waals surface area contributed by atoms with Crippen LogP contribution in [0, 0.1) is 0 Å². The van der Waals surface area contributed by atoms with Gasteiger partial charge in [0.25, 0.3) is 0 Å². The van der Waals surface area contributed by atoms with Gasteiger partial charge in [0, 0.05) is 27.1 Å². The van der Waals surface area contributed by atoms with Crippen LogP contribution in [0.4, 0.5) is 5.69 Å². The zero-order valence-corrected chi connectivity index (χ0v) is 14.1. The lowest BCUT2D eigenvalue weighted by molar-refractivity contribution is -0.114. The SMILES string of the molecule is CC(=O)Nc1cc2c(cc1Oc1ccccc1)n(C)c(=O)c(=O)n2C. The fraction of sp³-hybridized carbons (Fsp3) is 0.167. The fourth-order valence-corrected chi connectivity index (χ4v) is 2.59. The number of carbonyl (C=O) groups excluding carboxylic acids is 1. The first-order valence-electron chi connectivity index (χ1n) is 7.62. The minimum atomic E-state index is -0.638. The van der Waals surface area contributed by atoms with E-state index in [0.717, 1.165) is 0 Å². The molecule has 128 valence electrons. The summed E-state index contributed by atoms with van der Waals surface area (Å²) in [6.45, 7) is 1.39. The van der Waals surface area contributed by atoms with Gasteiger partial charge in [0.05, 0.1) is 16.7 Å². The van der Waals surface area contributed by atoms with Crippen molar-refractivity contribution in [3.05, 3.63) is 63.2 Å². The molecule has 0 aliphatic carbocycles. The summed E-state index contributed by atoms with van der Waals surface area (Å²) in [5.74, 6) is 0.693. The lowest BCUT2D eigenvalue weighted by Crippen LogP contribution is -2.39. The molecule has 0 saturated carbocycles. The lowest BCUT2D eigenvalue weighted by atomic mass is 10.2. The molecule has 0 bridgehead atoms. The van der Waals surface area contributed by atoms with Crippen molar-refractivity contribution in [1.82, 2.24) is 9.13 Å². The number of aryl methyl sites for hydroxylation is 2. The van der Waals surface area contributed by atoms with E-state index in [0.29, 0.717) is 28.2 Å². The van der Waals surface area contributed by atoms with Crippen LogP contribution in [0.15, 0.2) is 52.1 Å². The fourth-order valence-electron chi connectivity index (χ4n) is 2.59. The van der Waals surface area contributed by atoms with Crippen molar-refractivity contribution >= 4 is 22.6 Å². The molecule has 0 aliphatic heterocycles. The van der Waals surface area contributed by atoms with Gasteiger partial charge in [-0.1, -0.05) is 18.2 Å². The second-order valence-corrected chi connectivity index (χ2v) is 5.66. The van der Waals surface area contributed by atoms with Crippen molar-refractivity contribution in [2.45, 2.75) is 6.92 Å². The average Bonchev–Trinajstić information content (AvgIpc) is 2.59. The van der Waals surface area contributed by atoms with Crippen LogP contribution in [0.25, 0.3) is 11.0 Å². The first-order valence-corrected chi connectivity index (χ1v) is 7.62. The van der Waals surface area contributed by atoms with E-state index in [2.05, 4.69) is 5.32 Å². The molecular weight excluding hydrogens is 322 g/mol. The van der Waals surface area contributed by atoms with E-state index in [4.69, 9.17) is 4.74 Å². The quantitative estimate of drug-likeness (QED) is 0.740. The lowest BCUT2D eigenvalue weighted by Gasteiger charge is -2.16. The molecule has 0 saturated heterocycles. The van der Waals surface area contributed by atoms with E-state index in [9.17, 15) is 14.4 Å². The van der Waals surface area contributed by atoms with Crippen LogP contribution < -0.4 is 21.2 Å². The molecule has 25 heavy (non-hydrogen) atoms. The van der Waals surface area contributed by atoms with E-state index in [1.807, 2.05) is 18.2 Å². The molecule has 0 radical (unpaired) electrons. The van der Waals surface area contributed by atoms with Gasteiger partial charge in [0.15, 0.2) is 5.75 Å². The number of nitrogens with zero attached hydrogens (tertiary/aromatic N) is 2. The number of carbonyl (C=O) groups is 1. The smallest absolute Gasteiger partial charge is 0.316 e. The maximum absolute atomic E-state index is 12.1. The topological polar surface area (TPSA) is 82.3 Å². The Bertz CT molecular complexity index is 1080. The van der Waals surface area contributed by atoms with Crippen LogP contribution >= 0.6 is 0 Å². The standard InChI is InChI=1S/C18H17N3O4/c1-11(22)19-13-9-14-15(21(3)18(24)17(23)20(14)2)10-16(13)25-12-7-5-4-6-8-12/h4-10H,1-3H3,(H,19,22). The summed E-state index contributed by atoms with van der Waals surface area (Å²) in [5.41, 5.74) is 0.175. The number of ether oxygens (including phenoxy) is 1. The van der Waals surface area contributed by atoms with Gasteiger partial charge >= 0.3 is 11.1 Å². The molecule has 7 nitrogen and oxygen atoms in total. The zero-order chi connectivity index (χ0) is 18.1.